The number of alkyl halides is 3. The number of benzene rings is 2. The molecule has 0 fully saturated rings. The van der Waals surface area contributed by atoms with Crippen molar-refractivity contribution in [1.29, 1.82) is 0 Å². The van der Waals surface area contributed by atoms with Gasteiger partial charge in [0.2, 0.25) is 0 Å². The summed E-state index contributed by atoms with van der Waals surface area (Å²) in [7, 11) is 0. The standard InChI is InChI=1S/C14H10F4O/c15-12-7-6-11(14(16,17)18)8-13(12)19-9-10-4-2-1-3-5-10/h1-8H,9H2. The molecule has 0 unspecified atom stereocenters. The highest BCUT2D eigenvalue weighted by Gasteiger charge is 2.31. The second kappa shape index (κ2) is 5.30. The maximum atomic E-state index is 13.4. The molecule has 5 heteroatoms. The highest BCUT2D eigenvalue weighted by Crippen LogP contribution is 2.32. The predicted molar refractivity (Wildman–Crippen MR) is 62.2 cm³/mol. The van der Waals surface area contributed by atoms with E-state index in [0.717, 1.165) is 11.6 Å². The molecule has 0 saturated heterocycles. The molecule has 0 aromatic heterocycles. The molecule has 0 spiro atoms. The maximum absolute atomic E-state index is 13.4. The number of ether oxygens (including phenoxy) is 1. The van der Waals surface area contributed by atoms with Gasteiger partial charge in [0.05, 0.1) is 5.56 Å². The average Bonchev–Trinajstić information content (AvgIpc) is 2.37. The van der Waals surface area contributed by atoms with Gasteiger partial charge in [0.25, 0.3) is 0 Å². The van der Waals surface area contributed by atoms with Gasteiger partial charge >= 0.3 is 6.18 Å². The summed E-state index contributed by atoms with van der Waals surface area (Å²) >= 11 is 0. The Hall–Kier alpha value is -2.04. The van der Waals surface area contributed by atoms with Gasteiger partial charge in [-0.3, -0.25) is 0 Å². The van der Waals surface area contributed by atoms with Crippen LogP contribution in [0.25, 0.3) is 0 Å². The summed E-state index contributed by atoms with van der Waals surface area (Å²) in [5, 5.41) is 0. The Labute approximate surface area is 107 Å². The molecule has 2 rings (SSSR count). The molecular formula is C14H10F4O. The van der Waals surface area contributed by atoms with E-state index in [9.17, 15) is 17.6 Å². The monoisotopic (exact) mass is 270 g/mol. The molecule has 19 heavy (non-hydrogen) atoms. The molecule has 0 bridgehead atoms. The van der Waals surface area contributed by atoms with E-state index in [1.807, 2.05) is 0 Å². The van der Waals surface area contributed by atoms with Crippen LogP contribution >= 0.6 is 0 Å². The summed E-state index contributed by atoms with van der Waals surface area (Å²) in [6.07, 6.45) is -4.52. The second-order valence-corrected chi connectivity index (χ2v) is 3.92. The first-order chi connectivity index (χ1) is 8.97. The van der Waals surface area contributed by atoms with Gasteiger partial charge in [-0.15, -0.1) is 0 Å². The molecule has 0 heterocycles. The van der Waals surface area contributed by atoms with Gasteiger partial charge in [0.15, 0.2) is 11.6 Å². The molecule has 100 valence electrons. The highest BCUT2D eigenvalue weighted by molar-refractivity contribution is 5.32. The van der Waals surface area contributed by atoms with Crippen molar-refractivity contribution in [2.24, 2.45) is 0 Å². The molecule has 0 atom stereocenters. The topological polar surface area (TPSA) is 9.23 Å². The summed E-state index contributed by atoms with van der Waals surface area (Å²) < 4.78 is 55.9. The van der Waals surface area contributed by atoms with E-state index < -0.39 is 23.3 Å². The van der Waals surface area contributed by atoms with Crippen LogP contribution in [0.15, 0.2) is 48.5 Å². The van der Waals surface area contributed by atoms with E-state index in [2.05, 4.69) is 0 Å². The van der Waals surface area contributed by atoms with E-state index in [0.29, 0.717) is 12.1 Å². The van der Waals surface area contributed by atoms with E-state index in [1.165, 1.54) is 0 Å². The van der Waals surface area contributed by atoms with Gasteiger partial charge in [-0.05, 0) is 23.8 Å². The van der Waals surface area contributed by atoms with Crippen molar-refractivity contribution in [2.75, 3.05) is 0 Å². The summed E-state index contributed by atoms with van der Waals surface area (Å²) in [6.45, 7) is 0.0130. The Bertz CT molecular complexity index is 549. The van der Waals surface area contributed by atoms with Gasteiger partial charge in [0, 0.05) is 0 Å². The zero-order valence-electron chi connectivity index (χ0n) is 9.75. The molecule has 0 aliphatic rings. The van der Waals surface area contributed by atoms with Gasteiger partial charge in [-0.2, -0.15) is 13.2 Å². The van der Waals surface area contributed by atoms with Crippen LogP contribution in [0.5, 0.6) is 5.75 Å². The van der Waals surface area contributed by atoms with Gasteiger partial charge in [-0.25, -0.2) is 4.39 Å². The molecule has 0 saturated carbocycles. The minimum absolute atomic E-state index is 0.0130. The number of hydrogen-bond donors (Lipinski definition) is 0. The molecule has 2 aromatic carbocycles. The summed E-state index contributed by atoms with van der Waals surface area (Å²) in [4.78, 5) is 0. The fourth-order valence-corrected chi connectivity index (χ4v) is 1.53. The van der Waals surface area contributed by atoms with Gasteiger partial charge < -0.3 is 4.74 Å². The molecule has 0 aliphatic carbocycles. The fraction of sp³-hybridized carbons (Fsp3) is 0.143. The van der Waals surface area contributed by atoms with Crippen molar-refractivity contribution in [3.63, 3.8) is 0 Å². The van der Waals surface area contributed by atoms with Crippen molar-refractivity contribution in [3.05, 3.63) is 65.5 Å². The van der Waals surface area contributed by atoms with E-state index in [1.54, 1.807) is 30.3 Å². The van der Waals surface area contributed by atoms with E-state index >= 15 is 0 Å². The Kier molecular flexibility index (Phi) is 3.74. The number of hydrogen-bond acceptors (Lipinski definition) is 1. The highest BCUT2D eigenvalue weighted by atomic mass is 19.4. The molecule has 0 aliphatic heterocycles. The lowest BCUT2D eigenvalue weighted by Crippen LogP contribution is -2.06. The lowest BCUT2D eigenvalue weighted by molar-refractivity contribution is -0.137. The molecule has 1 nitrogen and oxygen atoms in total. The van der Waals surface area contributed by atoms with Crippen molar-refractivity contribution >= 4 is 0 Å². The number of halogens is 4. The summed E-state index contributed by atoms with van der Waals surface area (Å²) in [6, 6.07) is 10.9. The van der Waals surface area contributed by atoms with Crippen LogP contribution in [-0.2, 0) is 12.8 Å². The van der Waals surface area contributed by atoms with Crippen molar-refractivity contribution in [2.45, 2.75) is 12.8 Å². The molecular weight excluding hydrogens is 260 g/mol. The zero-order valence-corrected chi connectivity index (χ0v) is 9.75. The van der Waals surface area contributed by atoms with E-state index in [4.69, 9.17) is 4.74 Å². The quantitative estimate of drug-likeness (QED) is 0.750. The van der Waals surface area contributed by atoms with Crippen LogP contribution in [0.1, 0.15) is 11.1 Å². The first-order valence-electron chi connectivity index (χ1n) is 5.50. The molecule has 0 amide bonds. The first-order valence-corrected chi connectivity index (χ1v) is 5.50. The minimum atomic E-state index is -4.52. The van der Waals surface area contributed by atoms with Gasteiger partial charge in [-0.1, -0.05) is 30.3 Å². The van der Waals surface area contributed by atoms with Gasteiger partial charge in [0.1, 0.15) is 6.61 Å². The Morgan fingerprint density at radius 1 is 0.947 bits per heavy atom. The van der Waals surface area contributed by atoms with Crippen molar-refractivity contribution in [3.8, 4) is 5.75 Å². The first kappa shape index (κ1) is 13.4. The molecule has 0 N–H and O–H groups in total. The van der Waals surface area contributed by atoms with Crippen LogP contribution in [0.2, 0.25) is 0 Å². The summed E-state index contributed by atoms with van der Waals surface area (Å²) in [5.41, 5.74) is -0.184. The second-order valence-electron chi connectivity index (χ2n) is 3.92. The third-order valence-corrected chi connectivity index (χ3v) is 2.50. The van der Waals surface area contributed by atoms with Crippen molar-refractivity contribution in [1.82, 2.24) is 0 Å². The lowest BCUT2D eigenvalue weighted by Gasteiger charge is -2.11. The summed E-state index contributed by atoms with van der Waals surface area (Å²) in [5.74, 6) is -1.22. The SMILES string of the molecule is Fc1ccc(C(F)(F)F)cc1OCc1ccccc1. The van der Waals surface area contributed by atoms with Crippen LogP contribution in [-0.4, -0.2) is 0 Å². The fourth-order valence-electron chi connectivity index (χ4n) is 1.53. The van der Waals surface area contributed by atoms with E-state index in [-0.39, 0.29) is 6.61 Å². The Morgan fingerprint density at radius 3 is 2.26 bits per heavy atom. The maximum Gasteiger partial charge on any atom is 0.416 e. The Morgan fingerprint density at radius 2 is 1.63 bits per heavy atom. The predicted octanol–water partition coefficient (Wildman–Crippen LogP) is 4.42. The third kappa shape index (κ3) is 3.47. The average molecular weight is 270 g/mol. The molecule has 0 radical (unpaired) electrons. The minimum Gasteiger partial charge on any atom is -0.486 e. The van der Waals surface area contributed by atoms with Crippen LogP contribution in [0, 0.1) is 5.82 Å². The number of rotatable bonds is 3. The van der Waals surface area contributed by atoms with Crippen LogP contribution in [0.3, 0.4) is 0 Å². The zero-order chi connectivity index (χ0) is 13.9. The lowest BCUT2D eigenvalue weighted by atomic mass is 10.2. The molecule has 2 aromatic rings. The third-order valence-electron chi connectivity index (χ3n) is 2.50. The largest absolute Gasteiger partial charge is 0.486 e. The van der Waals surface area contributed by atoms with Crippen molar-refractivity contribution < 1.29 is 22.3 Å². The Balaban J connectivity index is 2.16. The normalized spacial score (nSPS) is 11.4. The van der Waals surface area contributed by atoms with Crippen LogP contribution in [0.4, 0.5) is 17.6 Å². The van der Waals surface area contributed by atoms with Crippen LogP contribution < -0.4 is 4.74 Å². The smallest absolute Gasteiger partial charge is 0.416 e.